The van der Waals surface area contributed by atoms with Crippen LogP contribution >= 0.6 is 45.2 Å². The van der Waals surface area contributed by atoms with Crippen LogP contribution in [0.1, 0.15) is 37.0 Å². The van der Waals surface area contributed by atoms with Gasteiger partial charge in [0.05, 0.1) is 3.57 Å². The van der Waals surface area contributed by atoms with Crippen LogP contribution in [0.2, 0.25) is 0 Å². The van der Waals surface area contributed by atoms with Gasteiger partial charge in [0.25, 0.3) is 0 Å². The van der Waals surface area contributed by atoms with Gasteiger partial charge in [-0.05, 0) is 89.2 Å². The summed E-state index contributed by atoms with van der Waals surface area (Å²) in [7, 11) is 0. The zero-order valence-electron chi connectivity index (χ0n) is 12.1. The Hall–Kier alpha value is -0.0900. The summed E-state index contributed by atoms with van der Waals surface area (Å²) < 4.78 is 7.44. The minimum Gasteiger partial charge on any atom is -0.506 e. The highest BCUT2D eigenvalue weighted by Crippen LogP contribution is 2.34. The third-order valence-electron chi connectivity index (χ3n) is 4.05. The van der Waals surface area contributed by atoms with Crippen molar-refractivity contribution in [3.8, 4) is 5.75 Å². The standard InChI is InChI=1S/C15H19I2NO3/c1-9(2)15(3-5-18-6-4-15)21-14(20)11-7-10(16)8-12(17)13(11)19/h7-9,18-19H,3-6H2,1-2H3. The lowest BCUT2D eigenvalue weighted by Gasteiger charge is -2.40. The molecular weight excluding hydrogens is 496 g/mol. The average Bonchev–Trinajstić information content (AvgIpc) is 2.43. The lowest BCUT2D eigenvalue weighted by Crippen LogP contribution is -2.48. The fourth-order valence-electron chi connectivity index (χ4n) is 2.61. The number of nitrogens with one attached hydrogen (secondary N) is 1. The minimum absolute atomic E-state index is 0.00820. The molecule has 0 unspecified atom stereocenters. The van der Waals surface area contributed by atoms with E-state index in [4.69, 9.17) is 4.74 Å². The maximum Gasteiger partial charge on any atom is 0.342 e. The van der Waals surface area contributed by atoms with Crippen molar-refractivity contribution in [2.75, 3.05) is 13.1 Å². The molecule has 0 aliphatic carbocycles. The molecule has 1 fully saturated rings. The topological polar surface area (TPSA) is 58.6 Å². The number of aromatic hydroxyl groups is 1. The smallest absolute Gasteiger partial charge is 0.342 e. The summed E-state index contributed by atoms with van der Waals surface area (Å²) in [6.07, 6.45) is 1.61. The fraction of sp³-hybridized carbons (Fsp3) is 0.533. The van der Waals surface area contributed by atoms with E-state index in [9.17, 15) is 9.90 Å². The van der Waals surface area contributed by atoms with Crippen molar-refractivity contribution in [3.05, 3.63) is 24.8 Å². The minimum atomic E-state index is -0.443. The summed E-state index contributed by atoms with van der Waals surface area (Å²) in [6.45, 7) is 5.86. The van der Waals surface area contributed by atoms with Gasteiger partial charge in [-0.25, -0.2) is 4.79 Å². The SMILES string of the molecule is CC(C)C1(OC(=O)c2cc(I)cc(I)c2O)CCNCC1. The molecule has 21 heavy (non-hydrogen) atoms. The summed E-state index contributed by atoms with van der Waals surface area (Å²) in [6, 6.07) is 3.51. The number of hydrogen-bond donors (Lipinski definition) is 2. The highest BCUT2D eigenvalue weighted by atomic mass is 127. The van der Waals surface area contributed by atoms with Crippen LogP contribution in [0.3, 0.4) is 0 Å². The summed E-state index contributed by atoms with van der Waals surface area (Å²) in [4.78, 5) is 12.5. The van der Waals surface area contributed by atoms with E-state index in [1.165, 1.54) is 0 Å². The number of benzene rings is 1. The van der Waals surface area contributed by atoms with Gasteiger partial charge >= 0.3 is 5.97 Å². The largest absolute Gasteiger partial charge is 0.506 e. The van der Waals surface area contributed by atoms with E-state index in [1.807, 2.05) is 28.7 Å². The number of carbonyl (C=O) groups excluding carboxylic acids is 1. The molecule has 0 atom stereocenters. The summed E-state index contributed by atoms with van der Waals surface area (Å²) in [5, 5.41) is 13.4. The zero-order valence-corrected chi connectivity index (χ0v) is 16.4. The summed E-state index contributed by atoms with van der Waals surface area (Å²) in [5.74, 6) is -0.180. The Labute approximate surface area is 152 Å². The molecule has 0 spiro atoms. The van der Waals surface area contributed by atoms with Gasteiger partial charge < -0.3 is 15.2 Å². The van der Waals surface area contributed by atoms with Gasteiger partial charge in [0, 0.05) is 3.57 Å². The Morgan fingerprint density at radius 3 is 2.52 bits per heavy atom. The van der Waals surface area contributed by atoms with Crippen LogP contribution in [0.25, 0.3) is 0 Å². The number of rotatable bonds is 3. The number of esters is 1. The molecular formula is C15H19I2NO3. The number of carbonyl (C=O) groups is 1. The molecule has 0 radical (unpaired) electrons. The first-order valence-corrected chi connectivity index (χ1v) is 9.13. The van der Waals surface area contributed by atoms with Crippen LogP contribution in [-0.4, -0.2) is 29.8 Å². The summed E-state index contributed by atoms with van der Waals surface area (Å²) >= 11 is 4.16. The Balaban J connectivity index is 2.28. The van der Waals surface area contributed by atoms with Crippen LogP contribution in [-0.2, 0) is 4.74 Å². The number of phenolic OH excluding ortho intramolecular Hbond substituents is 1. The molecule has 2 rings (SSSR count). The highest BCUT2D eigenvalue weighted by molar-refractivity contribution is 14.1. The Morgan fingerprint density at radius 1 is 1.33 bits per heavy atom. The Morgan fingerprint density at radius 2 is 1.95 bits per heavy atom. The average molecular weight is 515 g/mol. The van der Waals surface area contributed by atoms with E-state index in [-0.39, 0.29) is 17.2 Å². The Kier molecular flexibility index (Phi) is 5.75. The first kappa shape index (κ1) is 17.3. The molecule has 6 heteroatoms. The van der Waals surface area contributed by atoms with E-state index < -0.39 is 11.6 Å². The number of hydrogen-bond acceptors (Lipinski definition) is 4. The molecule has 4 nitrogen and oxygen atoms in total. The van der Waals surface area contributed by atoms with Gasteiger partial charge in [-0.1, -0.05) is 13.8 Å². The molecule has 1 aliphatic rings. The van der Waals surface area contributed by atoms with Gasteiger partial charge in [-0.15, -0.1) is 0 Å². The van der Waals surface area contributed by atoms with Gasteiger partial charge in [-0.2, -0.15) is 0 Å². The van der Waals surface area contributed by atoms with E-state index in [0.717, 1.165) is 29.5 Å². The van der Waals surface area contributed by atoms with Crippen molar-refractivity contribution < 1.29 is 14.6 Å². The van der Waals surface area contributed by atoms with E-state index in [2.05, 4.69) is 41.8 Å². The second kappa shape index (κ2) is 6.99. The molecule has 0 amide bonds. The summed E-state index contributed by atoms with van der Waals surface area (Å²) in [5.41, 5.74) is -0.188. The third-order valence-corrected chi connectivity index (χ3v) is 5.49. The van der Waals surface area contributed by atoms with E-state index >= 15 is 0 Å². The molecule has 2 N–H and O–H groups in total. The quantitative estimate of drug-likeness (QED) is 0.478. The number of phenols is 1. The predicted octanol–water partition coefficient (Wildman–Crippen LogP) is 3.54. The van der Waals surface area contributed by atoms with Gasteiger partial charge in [0.2, 0.25) is 0 Å². The van der Waals surface area contributed by atoms with Crippen molar-refractivity contribution >= 4 is 51.2 Å². The molecule has 1 aromatic carbocycles. The molecule has 1 aromatic rings. The molecule has 1 aliphatic heterocycles. The lowest BCUT2D eigenvalue weighted by molar-refractivity contribution is -0.0606. The van der Waals surface area contributed by atoms with Crippen LogP contribution in [0, 0.1) is 13.1 Å². The van der Waals surface area contributed by atoms with Crippen molar-refractivity contribution in [2.45, 2.75) is 32.3 Å². The highest BCUT2D eigenvalue weighted by Gasteiger charge is 2.39. The van der Waals surface area contributed by atoms with Crippen molar-refractivity contribution in [1.82, 2.24) is 5.32 Å². The van der Waals surface area contributed by atoms with Crippen LogP contribution < -0.4 is 5.32 Å². The van der Waals surface area contributed by atoms with Crippen LogP contribution in [0.4, 0.5) is 0 Å². The van der Waals surface area contributed by atoms with Gasteiger partial charge in [0.1, 0.15) is 16.9 Å². The predicted molar refractivity (Wildman–Crippen MR) is 98.6 cm³/mol. The van der Waals surface area contributed by atoms with E-state index in [1.54, 1.807) is 6.07 Å². The van der Waals surface area contributed by atoms with Gasteiger partial charge in [-0.3, -0.25) is 0 Å². The fourth-order valence-corrected chi connectivity index (χ4v) is 4.45. The number of piperidine rings is 1. The first-order valence-electron chi connectivity index (χ1n) is 6.98. The maximum absolute atomic E-state index is 12.5. The second-order valence-corrected chi connectivity index (χ2v) is 8.05. The van der Waals surface area contributed by atoms with Gasteiger partial charge in [0.15, 0.2) is 0 Å². The number of halogens is 2. The monoisotopic (exact) mass is 515 g/mol. The number of ether oxygens (including phenoxy) is 1. The Bertz CT molecular complexity index is 540. The van der Waals surface area contributed by atoms with Crippen molar-refractivity contribution in [2.24, 2.45) is 5.92 Å². The van der Waals surface area contributed by atoms with E-state index in [0.29, 0.717) is 3.57 Å². The molecule has 116 valence electrons. The first-order chi connectivity index (χ1) is 9.85. The van der Waals surface area contributed by atoms with Crippen molar-refractivity contribution in [3.63, 3.8) is 0 Å². The second-order valence-electron chi connectivity index (χ2n) is 5.64. The van der Waals surface area contributed by atoms with Crippen LogP contribution in [0.5, 0.6) is 5.75 Å². The molecule has 0 saturated carbocycles. The molecule has 0 aromatic heterocycles. The molecule has 1 saturated heterocycles. The van der Waals surface area contributed by atoms with Crippen LogP contribution in [0.15, 0.2) is 12.1 Å². The normalized spacial score (nSPS) is 17.8. The molecule has 1 heterocycles. The maximum atomic E-state index is 12.5. The third kappa shape index (κ3) is 3.82. The molecule has 0 bridgehead atoms. The lowest BCUT2D eigenvalue weighted by atomic mass is 9.81. The van der Waals surface area contributed by atoms with Crippen molar-refractivity contribution in [1.29, 1.82) is 0 Å². The zero-order chi connectivity index (χ0) is 15.6.